The van der Waals surface area contributed by atoms with Crippen molar-refractivity contribution < 1.29 is 0 Å². The van der Waals surface area contributed by atoms with Crippen molar-refractivity contribution in [2.24, 2.45) is 0 Å². The van der Waals surface area contributed by atoms with Crippen molar-refractivity contribution in [3.05, 3.63) is 34.9 Å². The normalized spacial score (nSPS) is 12.6. The zero-order chi connectivity index (χ0) is 12.5. The van der Waals surface area contributed by atoms with Crippen molar-refractivity contribution in [3.63, 3.8) is 0 Å². The molecule has 1 aromatic rings. The lowest BCUT2D eigenvalue weighted by molar-refractivity contribution is 0.467. The molecule has 0 heterocycles. The van der Waals surface area contributed by atoms with E-state index < -0.39 is 0 Å². The van der Waals surface area contributed by atoms with E-state index in [9.17, 15) is 0 Å². The van der Waals surface area contributed by atoms with E-state index in [1.807, 2.05) is 12.1 Å². The molecule has 0 aromatic heterocycles. The van der Waals surface area contributed by atoms with Gasteiger partial charge in [-0.05, 0) is 37.1 Å². The van der Waals surface area contributed by atoms with E-state index in [4.69, 9.17) is 11.6 Å². The minimum absolute atomic E-state index is 0.604. The molecule has 0 amide bonds. The Balaban J connectivity index is 2.44. The molecule has 0 fully saturated rings. The monoisotopic (exact) mass is 253 g/mol. The lowest BCUT2D eigenvalue weighted by Gasteiger charge is -2.17. The van der Waals surface area contributed by atoms with Crippen molar-refractivity contribution in [1.29, 1.82) is 0 Å². The number of rotatable bonds is 8. The average molecular weight is 254 g/mol. The van der Waals surface area contributed by atoms with Gasteiger partial charge in [0.2, 0.25) is 0 Å². The highest BCUT2D eigenvalue weighted by molar-refractivity contribution is 6.30. The second-order valence-electron chi connectivity index (χ2n) is 4.58. The zero-order valence-corrected chi connectivity index (χ0v) is 11.8. The van der Waals surface area contributed by atoms with E-state index in [0.29, 0.717) is 6.04 Å². The molecule has 0 radical (unpaired) electrons. The fraction of sp³-hybridized carbons (Fsp3) is 0.600. The number of unbranched alkanes of at least 4 members (excludes halogenated alkanes) is 2. The van der Waals surface area contributed by atoms with Crippen LogP contribution in [0, 0.1) is 0 Å². The van der Waals surface area contributed by atoms with Crippen molar-refractivity contribution in [1.82, 2.24) is 5.32 Å². The van der Waals surface area contributed by atoms with Crippen LogP contribution in [0.4, 0.5) is 0 Å². The van der Waals surface area contributed by atoms with E-state index in [1.54, 1.807) is 0 Å². The maximum atomic E-state index is 5.90. The molecule has 2 heteroatoms. The third-order valence-corrected chi connectivity index (χ3v) is 3.30. The van der Waals surface area contributed by atoms with Gasteiger partial charge in [-0.15, -0.1) is 0 Å². The number of likely N-dealkylation sites (N-methyl/N-ethyl adjacent to an activating group) is 1. The number of nitrogens with one attached hydrogen (secondary N) is 1. The summed E-state index contributed by atoms with van der Waals surface area (Å²) in [5.74, 6) is 0. The van der Waals surface area contributed by atoms with Crippen LogP contribution < -0.4 is 5.32 Å². The van der Waals surface area contributed by atoms with Crippen LogP contribution in [0.15, 0.2) is 24.3 Å². The molecule has 0 aliphatic rings. The topological polar surface area (TPSA) is 12.0 Å². The third-order valence-electron chi connectivity index (χ3n) is 3.04. The molecule has 0 aliphatic heterocycles. The van der Waals surface area contributed by atoms with E-state index in [1.165, 1.54) is 31.2 Å². The third kappa shape index (κ3) is 6.09. The van der Waals surface area contributed by atoms with Gasteiger partial charge in [-0.2, -0.15) is 0 Å². The summed E-state index contributed by atoms with van der Waals surface area (Å²) in [6.07, 6.45) is 6.32. The summed E-state index contributed by atoms with van der Waals surface area (Å²) in [4.78, 5) is 0. The smallest absolute Gasteiger partial charge is 0.0406 e. The summed E-state index contributed by atoms with van der Waals surface area (Å²) >= 11 is 5.90. The van der Waals surface area contributed by atoms with Crippen LogP contribution in [0.5, 0.6) is 0 Å². The molecule has 1 rings (SSSR count). The van der Waals surface area contributed by atoms with Crippen molar-refractivity contribution in [3.8, 4) is 0 Å². The molecule has 1 unspecified atom stereocenters. The molecular formula is C15H24ClN. The minimum Gasteiger partial charge on any atom is -0.314 e. The molecule has 0 saturated heterocycles. The van der Waals surface area contributed by atoms with Crippen LogP contribution in [-0.2, 0) is 6.42 Å². The van der Waals surface area contributed by atoms with Gasteiger partial charge in [0.15, 0.2) is 0 Å². The molecule has 17 heavy (non-hydrogen) atoms. The molecule has 1 aromatic carbocycles. The maximum absolute atomic E-state index is 5.90. The quantitative estimate of drug-likeness (QED) is 0.676. The Hall–Kier alpha value is -0.530. The first kappa shape index (κ1) is 14.5. The lowest BCUT2D eigenvalue weighted by atomic mass is 10.0. The van der Waals surface area contributed by atoms with Gasteiger partial charge in [-0.25, -0.2) is 0 Å². The molecule has 0 spiro atoms. The van der Waals surface area contributed by atoms with Crippen LogP contribution in [0.2, 0.25) is 5.02 Å². The standard InChI is InChI=1S/C15H24ClN/c1-3-5-6-7-15(17-4-2)12-13-8-10-14(16)11-9-13/h8-11,15,17H,3-7,12H2,1-2H3. The second kappa shape index (κ2) is 8.54. The highest BCUT2D eigenvalue weighted by Crippen LogP contribution is 2.13. The number of halogens is 1. The minimum atomic E-state index is 0.604. The summed E-state index contributed by atoms with van der Waals surface area (Å²) in [6.45, 7) is 5.47. The Bertz CT molecular complexity index is 294. The van der Waals surface area contributed by atoms with Gasteiger partial charge in [0.25, 0.3) is 0 Å². The van der Waals surface area contributed by atoms with Gasteiger partial charge in [0.05, 0.1) is 0 Å². The summed E-state index contributed by atoms with van der Waals surface area (Å²) in [5, 5.41) is 4.39. The summed E-state index contributed by atoms with van der Waals surface area (Å²) in [7, 11) is 0. The highest BCUT2D eigenvalue weighted by Gasteiger charge is 2.07. The Morgan fingerprint density at radius 2 is 1.82 bits per heavy atom. The molecule has 96 valence electrons. The first-order valence-corrected chi connectivity index (χ1v) is 7.11. The second-order valence-corrected chi connectivity index (χ2v) is 5.02. The molecule has 0 aliphatic carbocycles. The molecule has 0 saturated carbocycles. The maximum Gasteiger partial charge on any atom is 0.0406 e. The first-order chi connectivity index (χ1) is 8.26. The molecule has 1 atom stereocenters. The Kier molecular flexibility index (Phi) is 7.30. The van der Waals surface area contributed by atoms with Gasteiger partial charge >= 0.3 is 0 Å². The summed E-state index contributed by atoms with van der Waals surface area (Å²) < 4.78 is 0. The number of hydrogen-bond donors (Lipinski definition) is 1. The summed E-state index contributed by atoms with van der Waals surface area (Å²) in [6, 6.07) is 8.82. The van der Waals surface area contributed by atoms with Crippen LogP contribution in [0.1, 0.15) is 45.1 Å². The fourth-order valence-corrected chi connectivity index (χ4v) is 2.24. The van der Waals surface area contributed by atoms with Crippen LogP contribution >= 0.6 is 11.6 Å². The van der Waals surface area contributed by atoms with E-state index in [2.05, 4.69) is 31.3 Å². The van der Waals surface area contributed by atoms with E-state index >= 15 is 0 Å². The molecular weight excluding hydrogens is 230 g/mol. The molecule has 0 bridgehead atoms. The van der Waals surface area contributed by atoms with E-state index in [0.717, 1.165) is 18.0 Å². The van der Waals surface area contributed by atoms with Crippen LogP contribution in [-0.4, -0.2) is 12.6 Å². The molecule has 1 nitrogen and oxygen atoms in total. The van der Waals surface area contributed by atoms with Gasteiger partial charge in [0.1, 0.15) is 0 Å². The highest BCUT2D eigenvalue weighted by atomic mass is 35.5. The predicted molar refractivity (Wildman–Crippen MR) is 76.8 cm³/mol. The Labute approximate surface area is 111 Å². The Morgan fingerprint density at radius 1 is 1.12 bits per heavy atom. The number of benzene rings is 1. The Morgan fingerprint density at radius 3 is 2.41 bits per heavy atom. The van der Waals surface area contributed by atoms with Gasteiger partial charge < -0.3 is 5.32 Å². The van der Waals surface area contributed by atoms with Crippen LogP contribution in [0.25, 0.3) is 0 Å². The van der Waals surface area contributed by atoms with Crippen molar-refractivity contribution in [2.45, 2.75) is 52.0 Å². The largest absolute Gasteiger partial charge is 0.314 e. The van der Waals surface area contributed by atoms with Gasteiger partial charge in [-0.1, -0.05) is 56.8 Å². The summed E-state index contributed by atoms with van der Waals surface area (Å²) in [5.41, 5.74) is 1.37. The van der Waals surface area contributed by atoms with Gasteiger partial charge in [0, 0.05) is 11.1 Å². The predicted octanol–water partition coefficient (Wildman–Crippen LogP) is 4.44. The molecule has 1 N–H and O–H groups in total. The lowest BCUT2D eigenvalue weighted by Crippen LogP contribution is -2.30. The van der Waals surface area contributed by atoms with E-state index in [-0.39, 0.29) is 0 Å². The SMILES string of the molecule is CCCCCC(Cc1ccc(Cl)cc1)NCC. The van der Waals surface area contributed by atoms with Crippen molar-refractivity contribution in [2.75, 3.05) is 6.54 Å². The zero-order valence-electron chi connectivity index (χ0n) is 11.0. The van der Waals surface area contributed by atoms with Crippen molar-refractivity contribution >= 4 is 11.6 Å². The first-order valence-electron chi connectivity index (χ1n) is 6.74. The average Bonchev–Trinajstić information content (AvgIpc) is 2.32. The fourth-order valence-electron chi connectivity index (χ4n) is 2.11. The number of hydrogen-bond acceptors (Lipinski definition) is 1. The van der Waals surface area contributed by atoms with Gasteiger partial charge in [-0.3, -0.25) is 0 Å². The van der Waals surface area contributed by atoms with Crippen LogP contribution in [0.3, 0.4) is 0 Å².